The minimum atomic E-state index is 0.505. The molecular formula is C16H17ClO. The number of aryl methyl sites for hydroxylation is 3. The predicted octanol–water partition coefficient (Wildman–Crippen LogP) is 4.84. The lowest BCUT2D eigenvalue weighted by Crippen LogP contribution is -1.99. The van der Waals surface area contributed by atoms with Crippen LogP contribution in [0.15, 0.2) is 36.4 Å². The van der Waals surface area contributed by atoms with E-state index in [1.165, 1.54) is 0 Å². The van der Waals surface area contributed by atoms with Gasteiger partial charge in [-0.05, 0) is 43.5 Å². The van der Waals surface area contributed by atoms with Gasteiger partial charge in [-0.1, -0.05) is 41.9 Å². The van der Waals surface area contributed by atoms with Crippen LogP contribution in [-0.2, 0) is 6.61 Å². The number of hydrogen-bond donors (Lipinski definition) is 0. The van der Waals surface area contributed by atoms with Crippen molar-refractivity contribution in [3.63, 3.8) is 0 Å². The van der Waals surface area contributed by atoms with Crippen molar-refractivity contribution < 1.29 is 4.74 Å². The van der Waals surface area contributed by atoms with Crippen molar-refractivity contribution in [2.75, 3.05) is 0 Å². The summed E-state index contributed by atoms with van der Waals surface area (Å²) in [6.07, 6.45) is 0. The summed E-state index contributed by atoms with van der Waals surface area (Å²) in [6.45, 7) is 6.64. The molecule has 0 radical (unpaired) electrons. The lowest BCUT2D eigenvalue weighted by Gasteiger charge is -2.13. The monoisotopic (exact) mass is 260 g/mol. The van der Waals surface area contributed by atoms with Crippen LogP contribution in [0.2, 0.25) is 5.02 Å². The zero-order valence-corrected chi connectivity index (χ0v) is 11.7. The van der Waals surface area contributed by atoms with E-state index in [9.17, 15) is 0 Å². The van der Waals surface area contributed by atoms with Gasteiger partial charge in [0.05, 0.1) is 0 Å². The number of halogens is 1. The van der Waals surface area contributed by atoms with Crippen molar-refractivity contribution in [1.29, 1.82) is 0 Å². The Morgan fingerprint density at radius 1 is 1.00 bits per heavy atom. The fourth-order valence-corrected chi connectivity index (χ4v) is 2.24. The second-order valence-corrected chi connectivity index (χ2v) is 5.01. The first-order valence-corrected chi connectivity index (χ1v) is 6.40. The zero-order chi connectivity index (χ0) is 13.1. The summed E-state index contributed by atoms with van der Waals surface area (Å²) in [4.78, 5) is 0. The number of rotatable bonds is 3. The lowest BCUT2D eigenvalue weighted by atomic mass is 10.1. The summed E-state index contributed by atoms with van der Waals surface area (Å²) in [5.74, 6) is 0.953. The minimum absolute atomic E-state index is 0.505. The number of benzene rings is 2. The maximum absolute atomic E-state index is 6.20. The molecule has 2 aromatic carbocycles. The maximum atomic E-state index is 6.20. The van der Waals surface area contributed by atoms with Crippen molar-refractivity contribution in [1.82, 2.24) is 0 Å². The lowest BCUT2D eigenvalue weighted by molar-refractivity contribution is 0.302. The van der Waals surface area contributed by atoms with Gasteiger partial charge in [0.1, 0.15) is 12.4 Å². The first-order chi connectivity index (χ1) is 8.58. The largest absolute Gasteiger partial charge is 0.488 e. The molecule has 1 nitrogen and oxygen atoms in total. The van der Waals surface area contributed by atoms with Gasteiger partial charge in [-0.2, -0.15) is 0 Å². The van der Waals surface area contributed by atoms with Gasteiger partial charge in [-0.15, -0.1) is 0 Å². The second-order valence-electron chi connectivity index (χ2n) is 4.60. The van der Waals surface area contributed by atoms with Gasteiger partial charge in [0.2, 0.25) is 0 Å². The molecular weight excluding hydrogens is 244 g/mol. The quantitative estimate of drug-likeness (QED) is 0.767. The number of para-hydroxylation sites is 1. The highest BCUT2D eigenvalue weighted by molar-refractivity contribution is 6.31. The molecule has 0 saturated heterocycles. The molecule has 0 atom stereocenters. The molecule has 2 aromatic rings. The predicted molar refractivity (Wildman–Crippen MR) is 76.4 cm³/mol. The molecule has 0 aliphatic carbocycles. The Balaban J connectivity index is 2.16. The van der Waals surface area contributed by atoms with Crippen LogP contribution in [0.1, 0.15) is 22.3 Å². The molecule has 0 amide bonds. The normalized spacial score (nSPS) is 10.4. The number of ether oxygens (including phenoxy) is 1. The standard InChI is InChI=1S/C16H17ClO/c1-11-7-8-14(15(17)9-11)10-18-16-12(2)5-4-6-13(16)3/h4-9H,10H2,1-3H3. The SMILES string of the molecule is Cc1ccc(COc2c(C)cccc2C)c(Cl)c1. The second kappa shape index (κ2) is 5.45. The molecule has 2 heteroatoms. The van der Waals surface area contributed by atoms with E-state index in [0.29, 0.717) is 6.61 Å². The van der Waals surface area contributed by atoms with Gasteiger partial charge < -0.3 is 4.74 Å². The van der Waals surface area contributed by atoms with E-state index < -0.39 is 0 Å². The van der Waals surface area contributed by atoms with Gasteiger partial charge in [-0.3, -0.25) is 0 Å². The van der Waals surface area contributed by atoms with E-state index in [1.807, 2.05) is 25.1 Å². The molecule has 0 aliphatic rings. The van der Waals surface area contributed by atoms with Crippen molar-refractivity contribution in [2.24, 2.45) is 0 Å². The molecule has 0 N–H and O–H groups in total. The minimum Gasteiger partial charge on any atom is -0.488 e. The first-order valence-electron chi connectivity index (χ1n) is 6.02. The van der Waals surface area contributed by atoms with E-state index >= 15 is 0 Å². The molecule has 0 aromatic heterocycles. The van der Waals surface area contributed by atoms with E-state index in [4.69, 9.17) is 16.3 Å². The molecule has 0 fully saturated rings. The van der Waals surface area contributed by atoms with Crippen LogP contribution in [-0.4, -0.2) is 0 Å². The highest BCUT2D eigenvalue weighted by Gasteiger charge is 2.05. The summed E-state index contributed by atoms with van der Waals surface area (Å²) >= 11 is 6.20. The summed E-state index contributed by atoms with van der Waals surface area (Å²) in [5.41, 5.74) is 4.48. The fourth-order valence-electron chi connectivity index (χ4n) is 1.95. The first kappa shape index (κ1) is 13.0. The van der Waals surface area contributed by atoms with Crippen LogP contribution in [0.5, 0.6) is 5.75 Å². The van der Waals surface area contributed by atoms with Crippen LogP contribution in [0.4, 0.5) is 0 Å². The average Bonchev–Trinajstić information content (AvgIpc) is 2.31. The Morgan fingerprint density at radius 3 is 2.28 bits per heavy atom. The van der Waals surface area contributed by atoms with E-state index in [-0.39, 0.29) is 0 Å². The highest BCUT2D eigenvalue weighted by Crippen LogP contribution is 2.25. The molecule has 0 unspecified atom stereocenters. The Kier molecular flexibility index (Phi) is 3.93. The Bertz CT molecular complexity index is 541. The summed E-state index contributed by atoms with van der Waals surface area (Å²) in [6, 6.07) is 12.2. The summed E-state index contributed by atoms with van der Waals surface area (Å²) < 4.78 is 5.89. The van der Waals surface area contributed by atoms with Crippen molar-refractivity contribution in [3.05, 3.63) is 63.7 Å². The third-order valence-corrected chi connectivity index (χ3v) is 3.34. The fraction of sp³-hybridized carbons (Fsp3) is 0.250. The third-order valence-electron chi connectivity index (χ3n) is 2.99. The zero-order valence-electron chi connectivity index (χ0n) is 11.0. The van der Waals surface area contributed by atoms with Crippen molar-refractivity contribution in [2.45, 2.75) is 27.4 Å². The maximum Gasteiger partial charge on any atom is 0.125 e. The van der Waals surface area contributed by atoms with Crippen LogP contribution >= 0.6 is 11.6 Å². The Morgan fingerprint density at radius 2 is 1.67 bits per heavy atom. The Hall–Kier alpha value is -1.47. The summed E-state index contributed by atoms with van der Waals surface area (Å²) in [5, 5.41) is 0.765. The number of hydrogen-bond acceptors (Lipinski definition) is 1. The molecule has 0 aliphatic heterocycles. The smallest absolute Gasteiger partial charge is 0.125 e. The molecule has 0 saturated carbocycles. The molecule has 2 rings (SSSR count). The third kappa shape index (κ3) is 2.85. The summed E-state index contributed by atoms with van der Waals surface area (Å²) in [7, 11) is 0. The van der Waals surface area contributed by atoms with Crippen LogP contribution in [0.3, 0.4) is 0 Å². The van der Waals surface area contributed by atoms with E-state index in [0.717, 1.165) is 33.0 Å². The van der Waals surface area contributed by atoms with Gasteiger partial charge in [0.25, 0.3) is 0 Å². The van der Waals surface area contributed by atoms with E-state index in [1.54, 1.807) is 0 Å². The Labute approximate surface area is 113 Å². The average molecular weight is 261 g/mol. The van der Waals surface area contributed by atoms with Crippen molar-refractivity contribution >= 4 is 11.6 Å². The molecule has 0 bridgehead atoms. The molecule has 0 heterocycles. The van der Waals surface area contributed by atoms with Gasteiger partial charge in [-0.25, -0.2) is 0 Å². The van der Waals surface area contributed by atoms with Crippen LogP contribution in [0, 0.1) is 20.8 Å². The van der Waals surface area contributed by atoms with Gasteiger partial charge >= 0.3 is 0 Å². The van der Waals surface area contributed by atoms with Crippen LogP contribution < -0.4 is 4.74 Å². The van der Waals surface area contributed by atoms with Crippen molar-refractivity contribution in [3.8, 4) is 5.75 Å². The van der Waals surface area contributed by atoms with Gasteiger partial charge in [0, 0.05) is 10.6 Å². The highest BCUT2D eigenvalue weighted by atomic mass is 35.5. The van der Waals surface area contributed by atoms with Crippen LogP contribution in [0.25, 0.3) is 0 Å². The van der Waals surface area contributed by atoms with E-state index in [2.05, 4.69) is 32.0 Å². The van der Waals surface area contributed by atoms with Gasteiger partial charge in [0.15, 0.2) is 0 Å². The molecule has 94 valence electrons. The molecule has 18 heavy (non-hydrogen) atoms. The topological polar surface area (TPSA) is 9.23 Å². The molecule has 0 spiro atoms.